The normalized spacial score (nSPS) is 17.6. The van der Waals surface area contributed by atoms with E-state index in [2.05, 4.69) is 26.2 Å². The molecule has 1 saturated heterocycles. The molecule has 1 fully saturated rings. The lowest BCUT2D eigenvalue weighted by atomic mass is 10.0. The summed E-state index contributed by atoms with van der Waals surface area (Å²) in [5.74, 6) is 0.605. The number of carbonyl (C=O) groups excluding carboxylic acids is 2. The first-order valence-electron chi connectivity index (χ1n) is 16.2. The lowest BCUT2D eigenvalue weighted by Gasteiger charge is -2.36. The van der Waals surface area contributed by atoms with Gasteiger partial charge in [-0.3, -0.25) is 9.59 Å². The monoisotopic (exact) mass is 673 g/mol. The Morgan fingerprint density at radius 2 is 1.60 bits per heavy atom. The molecule has 5 N–H and O–H groups in total. The van der Waals surface area contributed by atoms with Gasteiger partial charge in [0.05, 0.1) is 30.2 Å². The van der Waals surface area contributed by atoms with Crippen LogP contribution in [0.5, 0.6) is 0 Å². The van der Waals surface area contributed by atoms with Gasteiger partial charge in [0.25, 0.3) is 0 Å². The Labute approximate surface area is 284 Å². The molecule has 254 valence electrons. The average Bonchev–Trinajstić information content (AvgIpc) is 3.53. The Morgan fingerprint density at radius 1 is 0.917 bits per heavy atom. The van der Waals surface area contributed by atoms with Crippen molar-refractivity contribution in [3.63, 3.8) is 0 Å². The number of nitrogens with one attached hydrogen (secondary N) is 2. The average molecular weight is 674 g/mol. The number of nitrogens with two attached hydrogens (primary N) is 1. The topological polar surface area (TPSA) is 167 Å². The summed E-state index contributed by atoms with van der Waals surface area (Å²) in [6.07, 6.45) is 3.94. The SMILES string of the molecule is Cn1nnnc1SC[C@H]1C[C@@H](c2ccc(CO)cc2)O[C@@H](c2ccc(CNC(=O)CCCCCCC(=O)Nc3ccccc3N)cc2)O1. The molecule has 12 nitrogen and oxygen atoms in total. The first-order valence-corrected chi connectivity index (χ1v) is 17.2. The number of carbonyl (C=O) groups is 2. The van der Waals surface area contributed by atoms with Crippen LogP contribution in [0.25, 0.3) is 0 Å². The number of tetrazole rings is 1. The molecule has 1 aliphatic heterocycles. The Balaban J connectivity index is 1.05. The molecule has 5 rings (SSSR count). The van der Waals surface area contributed by atoms with Crippen LogP contribution in [0, 0.1) is 0 Å². The van der Waals surface area contributed by atoms with Crippen molar-refractivity contribution in [1.82, 2.24) is 25.5 Å². The number of amides is 2. The van der Waals surface area contributed by atoms with Crippen molar-refractivity contribution in [3.8, 4) is 0 Å². The smallest absolute Gasteiger partial charge is 0.224 e. The number of hydrogen-bond acceptors (Lipinski definition) is 10. The molecule has 13 heteroatoms. The van der Waals surface area contributed by atoms with Gasteiger partial charge >= 0.3 is 0 Å². The zero-order valence-corrected chi connectivity index (χ0v) is 27.9. The predicted octanol–water partition coefficient (Wildman–Crippen LogP) is 5.22. The number of hydrogen-bond donors (Lipinski definition) is 4. The van der Waals surface area contributed by atoms with Gasteiger partial charge in [0.1, 0.15) is 0 Å². The standard InChI is InChI=1S/C35H43N7O5S/c1-42-35(39-40-41-42)48-23-28-20-31(26-16-14-25(22-43)15-17-26)47-34(46-28)27-18-12-24(13-19-27)21-37-32(44)10-4-2-3-5-11-33(45)38-30-9-7-6-8-29(30)36/h6-9,12-19,28,31,34,43H,2-5,10-11,20-23,36H2,1H3,(H,37,44)(H,38,45)/t28-,31+,34+/m1/s1. The maximum absolute atomic E-state index is 12.5. The van der Waals surface area contributed by atoms with E-state index in [-0.39, 0.29) is 30.6 Å². The van der Waals surface area contributed by atoms with Crippen LogP contribution in [0.1, 0.15) is 79.6 Å². The van der Waals surface area contributed by atoms with Gasteiger partial charge in [-0.15, -0.1) is 5.10 Å². The van der Waals surface area contributed by atoms with E-state index in [4.69, 9.17) is 15.2 Å². The summed E-state index contributed by atoms with van der Waals surface area (Å²) >= 11 is 1.54. The summed E-state index contributed by atoms with van der Waals surface area (Å²) in [6.45, 7) is 0.419. The highest BCUT2D eigenvalue weighted by Gasteiger charge is 2.32. The van der Waals surface area contributed by atoms with Crippen LogP contribution in [0.15, 0.2) is 78.0 Å². The molecule has 0 saturated carbocycles. The van der Waals surface area contributed by atoms with Crippen molar-refractivity contribution in [2.45, 2.75) is 81.8 Å². The van der Waals surface area contributed by atoms with E-state index in [9.17, 15) is 14.7 Å². The molecule has 4 aromatic rings. The van der Waals surface area contributed by atoms with Gasteiger partial charge in [0.2, 0.25) is 17.0 Å². The molecule has 3 aromatic carbocycles. The maximum Gasteiger partial charge on any atom is 0.224 e. The summed E-state index contributed by atoms with van der Waals surface area (Å²) in [5, 5.41) is 27.7. The minimum Gasteiger partial charge on any atom is -0.397 e. The summed E-state index contributed by atoms with van der Waals surface area (Å²) in [6, 6.07) is 22.9. The summed E-state index contributed by atoms with van der Waals surface area (Å²) in [5.41, 5.74) is 10.8. The highest BCUT2D eigenvalue weighted by atomic mass is 32.2. The minimum absolute atomic E-state index is 0.00355. The molecule has 3 atom stereocenters. The van der Waals surface area contributed by atoms with Crippen molar-refractivity contribution in [2.75, 3.05) is 16.8 Å². The van der Waals surface area contributed by atoms with Crippen molar-refractivity contribution in [1.29, 1.82) is 0 Å². The zero-order valence-electron chi connectivity index (χ0n) is 27.1. The highest BCUT2D eigenvalue weighted by Crippen LogP contribution is 2.39. The Hall–Kier alpha value is -4.30. The molecule has 0 spiro atoms. The summed E-state index contributed by atoms with van der Waals surface area (Å²) < 4.78 is 14.5. The summed E-state index contributed by atoms with van der Waals surface area (Å²) in [4.78, 5) is 24.6. The number of aromatic nitrogens is 4. The fourth-order valence-corrected chi connectivity index (χ4v) is 6.23. The van der Waals surface area contributed by atoms with Crippen LogP contribution in [-0.4, -0.2) is 49.0 Å². The van der Waals surface area contributed by atoms with E-state index < -0.39 is 6.29 Å². The molecule has 0 bridgehead atoms. The molecule has 48 heavy (non-hydrogen) atoms. The van der Waals surface area contributed by atoms with Crippen LogP contribution in [0.4, 0.5) is 11.4 Å². The first-order chi connectivity index (χ1) is 23.4. The molecule has 1 aromatic heterocycles. The van der Waals surface area contributed by atoms with Gasteiger partial charge < -0.3 is 30.9 Å². The van der Waals surface area contributed by atoms with Crippen LogP contribution in [0.3, 0.4) is 0 Å². The van der Waals surface area contributed by atoms with E-state index in [1.165, 1.54) is 11.8 Å². The van der Waals surface area contributed by atoms with Crippen LogP contribution < -0.4 is 16.4 Å². The molecular weight excluding hydrogens is 630 g/mol. The highest BCUT2D eigenvalue weighted by molar-refractivity contribution is 7.99. The number of anilines is 2. The number of unbranched alkanes of at least 4 members (excludes halogenated alkanes) is 3. The second-order valence-corrected chi connectivity index (χ2v) is 12.8. The van der Waals surface area contributed by atoms with Gasteiger partial charge in [-0.1, -0.05) is 85.3 Å². The number of aliphatic hydroxyl groups excluding tert-OH is 1. The van der Waals surface area contributed by atoms with E-state index >= 15 is 0 Å². The second-order valence-electron chi connectivity index (χ2n) is 11.8. The first kappa shape index (κ1) is 35.0. The molecule has 0 radical (unpaired) electrons. The minimum atomic E-state index is -0.573. The van der Waals surface area contributed by atoms with Gasteiger partial charge in [-0.05, 0) is 52.1 Å². The quantitative estimate of drug-likeness (QED) is 0.0704. The number of thioether (sulfide) groups is 1. The van der Waals surface area contributed by atoms with Gasteiger partial charge in [0, 0.05) is 44.2 Å². The predicted molar refractivity (Wildman–Crippen MR) is 183 cm³/mol. The van der Waals surface area contributed by atoms with Gasteiger partial charge in [0.15, 0.2) is 6.29 Å². The number of para-hydroxylation sites is 2. The number of aryl methyl sites for hydroxylation is 1. The largest absolute Gasteiger partial charge is 0.397 e. The summed E-state index contributed by atoms with van der Waals surface area (Å²) in [7, 11) is 1.81. The third-order valence-corrected chi connectivity index (χ3v) is 9.27. The number of nitrogens with zero attached hydrogens (tertiary/aromatic N) is 4. The van der Waals surface area contributed by atoms with E-state index in [0.717, 1.165) is 47.9 Å². The Bertz CT molecular complexity index is 1620. The van der Waals surface area contributed by atoms with E-state index in [1.807, 2.05) is 60.7 Å². The van der Waals surface area contributed by atoms with Crippen molar-refractivity contribution >= 4 is 35.0 Å². The fraction of sp³-hybridized carbons (Fsp3) is 0.400. The number of benzene rings is 3. The molecule has 2 amide bonds. The molecule has 0 aliphatic carbocycles. The fourth-order valence-electron chi connectivity index (χ4n) is 5.36. The molecule has 2 heterocycles. The number of ether oxygens (including phenoxy) is 2. The molecule has 0 unspecified atom stereocenters. The van der Waals surface area contributed by atoms with Crippen molar-refractivity contribution < 1.29 is 24.2 Å². The Morgan fingerprint density at radius 3 is 2.29 bits per heavy atom. The van der Waals surface area contributed by atoms with Crippen LogP contribution in [0.2, 0.25) is 0 Å². The number of nitrogen functional groups attached to an aromatic ring is 1. The lowest BCUT2D eigenvalue weighted by molar-refractivity contribution is -0.245. The third kappa shape index (κ3) is 10.3. The molecular formula is C35H43N7O5S. The van der Waals surface area contributed by atoms with Crippen LogP contribution in [-0.2, 0) is 39.3 Å². The zero-order chi connectivity index (χ0) is 33.7. The van der Waals surface area contributed by atoms with Crippen molar-refractivity contribution in [2.24, 2.45) is 7.05 Å². The van der Waals surface area contributed by atoms with Gasteiger partial charge in [-0.2, -0.15) is 0 Å². The second kappa shape index (κ2) is 17.7. The maximum atomic E-state index is 12.5. The third-order valence-electron chi connectivity index (χ3n) is 8.13. The van der Waals surface area contributed by atoms with Crippen molar-refractivity contribution in [3.05, 3.63) is 95.1 Å². The van der Waals surface area contributed by atoms with E-state index in [0.29, 0.717) is 48.1 Å². The number of rotatable bonds is 16. The molecule has 1 aliphatic rings. The Kier molecular flexibility index (Phi) is 12.9. The van der Waals surface area contributed by atoms with Crippen LogP contribution >= 0.6 is 11.8 Å². The lowest BCUT2D eigenvalue weighted by Crippen LogP contribution is -2.31. The van der Waals surface area contributed by atoms with Gasteiger partial charge in [-0.25, -0.2) is 4.68 Å². The van der Waals surface area contributed by atoms with E-state index in [1.54, 1.807) is 23.9 Å². The number of aliphatic hydroxyl groups is 1.